The lowest BCUT2D eigenvalue weighted by atomic mass is 10.2. The first kappa shape index (κ1) is 28.4. The predicted molar refractivity (Wildman–Crippen MR) is 159 cm³/mol. The SMILES string of the molecule is CCCCCN(CCCCC)c1nc2c(C(=O)OCC)cn(-c3ccccc3)c2c(=O)n1-c1ccc(Cl)cc1. The van der Waals surface area contributed by atoms with Crippen molar-refractivity contribution in [2.24, 2.45) is 0 Å². The average Bonchev–Trinajstić information content (AvgIpc) is 3.34. The predicted octanol–water partition coefficient (Wildman–Crippen LogP) is 7.19. The van der Waals surface area contributed by atoms with Crippen molar-refractivity contribution >= 4 is 34.6 Å². The molecule has 0 spiro atoms. The highest BCUT2D eigenvalue weighted by atomic mass is 35.5. The Morgan fingerprint density at radius 1 is 0.897 bits per heavy atom. The fourth-order valence-corrected chi connectivity index (χ4v) is 4.89. The molecule has 39 heavy (non-hydrogen) atoms. The molecule has 0 fully saturated rings. The van der Waals surface area contributed by atoms with Gasteiger partial charge in [-0.25, -0.2) is 14.3 Å². The maximum atomic E-state index is 14.5. The van der Waals surface area contributed by atoms with E-state index in [1.807, 2.05) is 42.5 Å². The summed E-state index contributed by atoms with van der Waals surface area (Å²) in [5.74, 6) is 0.0289. The molecule has 0 atom stereocenters. The van der Waals surface area contributed by atoms with E-state index in [0.717, 1.165) is 57.3 Å². The lowest BCUT2D eigenvalue weighted by Gasteiger charge is -2.27. The van der Waals surface area contributed by atoms with E-state index < -0.39 is 5.97 Å². The van der Waals surface area contributed by atoms with Gasteiger partial charge in [-0.2, -0.15) is 0 Å². The first-order valence-corrected chi connectivity index (χ1v) is 14.3. The van der Waals surface area contributed by atoms with Crippen LogP contribution in [0.25, 0.3) is 22.4 Å². The Morgan fingerprint density at radius 3 is 2.13 bits per heavy atom. The Balaban J connectivity index is 2.04. The van der Waals surface area contributed by atoms with Crippen molar-refractivity contribution in [2.75, 3.05) is 24.6 Å². The number of hydrogen-bond acceptors (Lipinski definition) is 5. The molecule has 0 unspecified atom stereocenters. The monoisotopic (exact) mass is 548 g/mol. The van der Waals surface area contributed by atoms with Crippen LogP contribution >= 0.6 is 11.6 Å². The Bertz CT molecular complexity index is 1430. The van der Waals surface area contributed by atoms with Gasteiger partial charge >= 0.3 is 5.97 Å². The first-order valence-electron chi connectivity index (χ1n) is 13.9. The van der Waals surface area contributed by atoms with E-state index in [-0.39, 0.29) is 17.7 Å². The number of hydrogen-bond donors (Lipinski definition) is 0. The highest BCUT2D eigenvalue weighted by molar-refractivity contribution is 6.30. The standard InChI is InChI=1S/C31H37ClN4O3/c1-4-7-12-20-34(21-13-8-5-2)31-33-27-26(30(38)39-6-3)22-35(24-14-10-9-11-15-24)28(27)29(37)36(31)25-18-16-23(32)17-19-25/h9-11,14-19,22H,4-8,12-13,20-21H2,1-3H3. The third-order valence-electron chi connectivity index (χ3n) is 6.76. The van der Waals surface area contributed by atoms with Crippen molar-refractivity contribution in [3.05, 3.63) is 81.7 Å². The second kappa shape index (κ2) is 13.5. The minimum atomic E-state index is -0.497. The van der Waals surface area contributed by atoms with Gasteiger partial charge in [0.1, 0.15) is 16.6 Å². The second-order valence-electron chi connectivity index (χ2n) is 9.60. The Kier molecular flexibility index (Phi) is 9.82. The molecule has 7 nitrogen and oxygen atoms in total. The van der Waals surface area contributed by atoms with Crippen LogP contribution in [0.15, 0.2) is 65.6 Å². The number of carbonyl (C=O) groups is 1. The van der Waals surface area contributed by atoms with Gasteiger partial charge in [-0.05, 0) is 56.2 Å². The molecule has 0 saturated carbocycles. The second-order valence-corrected chi connectivity index (χ2v) is 10.0. The molecule has 0 saturated heterocycles. The van der Waals surface area contributed by atoms with E-state index in [9.17, 15) is 9.59 Å². The molecule has 0 N–H and O–H groups in total. The van der Waals surface area contributed by atoms with Crippen LogP contribution in [0.5, 0.6) is 0 Å². The minimum Gasteiger partial charge on any atom is -0.462 e. The Hall–Kier alpha value is -3.58. The molecule has 8 heteroatoms. The lowest BCUT2D eigenvalue weighted by Crippen LogP contribution is -2.34. The molecule has 2 heterocycles. The highest BCUT2D eigenvalue weighted by Gasteiger charge is 2.26. The van der Waals surface area contributed by atoms with E-state index in [2.05, 4.69) is 18.7 Å². The normalized spacial score (nSPS) is 11.2. The molecular weight excluding hydrogens is 512 g/mol. The molecule has 0 aliphatic heterocycles. The van der Waals surface area contributed by atoms with Gasteiger partial charge in [-0.15, -0.1) is 0 Å². The number of rotatable bonds is 13. The molecule has 0 aliphatic rings. The lowest BCUT2D eigenvalue weighted by molar-refractivity contribution is 0.0528. The summed E-state index contributed by atoms with van der Waals surface area (Å²) < 4.78 is 8.78. The summed E-state index contributed by atoms with van der Waals surface area (Å²) >= 11 is 6.21. The highest BCUT2D eigenvalue weighted by Crippen LogP contribution is 2.27. The van der Waals surface area contributed by atoms with Crippen molar-refractivity contribution in [2.45, 2.75) is 59.3 Å². The summed E-state index contributed by atoms with van der Waals surface area (Å²) in [6, 6.07) is 16.7. The number of benzene rings is 2. The van der Waals surface area contributed by atoms with E-state index in [1.54, 1.807) is 34.4 Å². The molecule has 0 radical (unpaired) electrons. The molecule has 2 aromatic carbocycles. The van der Waals surface area contributed by atoms with Gasteiger partial charge in [0.05, 0.1) is 12.3 Å². The molecule has 2 aromatic heterocycles. The molecular formula is C31H37ClN4O3. The number of ether oxygens (including phenoxy) is 1. The van der Waals surface area contributed by atoms with Crippen molar-refractivity contribution in [1.82, 2.24) is 14.1 Å². The van der Waals surface area contributed by atoms with Crippen LogP contribution in [0.4, 0.5) is 5.95 Å². The molecule has 4 rings (SSSR count). The maximum absolute atomic E-state index is 14.5. The maximum Gasteiger partial charge on any atom is 0.341 e. The van der Waals surface area contributed by atoms with Crippen LogP contribution in [-0.2, 0) is 4.74 Å². The summed E-state index contributed by atoms with van der Waals surface area (Å²) in [5, 5.41) is 0.586. The topological polar surface area (TPSA) is 69.4 Å². The Labute approximate surface area is 235 Å². The fourth-order valence-electron chi connectivity index (χ4n) is 4.76. The van der Waals surface area contributed by atoms with Crippen molar-refractivity contribution in [3.8, 4) is 11.4 Å². The van der Waals surface area contributed by atoms with Gasteiger partial charge in [0, 0.05) is 30.0 Å². The smallest absolute Gasteiger partial charge is 0.341 e. The van der Waals surface area contributed by atoms with Crippen LogP contribution in [0, 0.1) is 0 Å². The van der Waals surface area contributed by atoms with Crippen LogP contribution in [0.3, 0.4) is 0 Å². The number of esters is 1. The summed E-state index contributed by atoms with van der Waals surface area (Å²) in [5.41, 5.74) is 2.12. The Morgan fingerprint density at radius 2 is 1.54 bits per heavy atom. The quantitative estimate of drug-likeness (QED) is 0.131. The summed E-state index contributed by atoms with van der Waals surface area (Å²) in [6.07, 6.45) is 7.96. The van der Waals surface area contributed by atoms with Gasteiger partial charge in [0.25, 0.3) is 5.56 Å². The third kappa shape index (κ3) is 6.36. The minimum absolute atomic E-state index is 0.228. The van der Waals surface area contributed by atoms with Crippen molar-refractivity contribution in [1.29, 1.82) is 0 Å². The number of para-hydroxylation sites is 1. The number of unbranched alkanes of at least 4 members (excludes halogenated alkanes) is 4. The van der Waals surface area contributed by atoms with E-state index in [0.29, 0.717) is 27.7 Å². The van der Waals surface area contributed by atoms with Gasteiger partial charge in [-0.3, -0.25) is 4.79 Å². The summed E-state index contributed by atoms with van der Waals surface area (Å²) in [4.78, 5) is 34.8. The summed E-state index contributed by atoms with van der Waals surface area (Å²) in [7, 11) is 0. The number of halogens is 1. The molecule has 0 amide bonds. The van der Waals surface area contributed by atoms with E-state index >= 15 is 0 Å². The van der Waals surface area contributed by atoms with Gasteiger partial charge in [0.2, 0.25) is 5.95 Å². The van der Waals surface area contributed by atoms with Gasteiger partial charge < -0.3 is 14.2 Å². The van der Waals surface area contributed by atoms with Gasteiger partial charge in [0.15, 0.2) is 0 Å². The zero-order chi connectivity index (χ0) is 27.8. The van der Waals surface area contributed by atoms with E-state index in [4.69, 9.17) is 21.3 Å². The molecule has 0 aliphatic carbocycles. The zero-order valence-corrected chi connectivity index (χ0v) is 23.8. The first-order chi connectivity index (χ1) is 19.0. The number of aromatic nitrogens is 3. The summed E-state index contributed by atoms with van der Waals surface area (Å²) in [6.45, 7) is 7.87. The third-order valence-corrected chi connectivity index (χ3v) is 7.01. The molecule has 4 aromatic rings. The largest absolute Gasteiger partial charge is 0.462 e. The van der Waals surface area contributed by atoms with E-state index in [1.165, 1.54) is 0 Å². The zero-order valence-electron chi connectivity index (χ0n) is 23.0. The van der Waals surface area contributed by atoms with Crippen LogP contribution in [-0.4, -0.2) is 39.8 Å². The van der Waals surface area contributed by atoms with Crippen molar-refractivity contribution < 1.29 is 9.53 Å². The fraction of sp³-hybridized carbons (Fsp3) is 0.387. The number of carbonyl (C=O) groups excluding carboxylic acids is 1. The number of anilines is 1. The van der Waals surface area contributed by atoms with Gasteiger partial charge in [-0.1, -0.05) is 69.3 Å². The number of nitrogens with zero attached hydrogens (tertiary/aromatic N) is 4. The van der Waals surface area contributed by atoms with Crippen LogP contribution in [0.1, 0.15) is 69.7 Å². The molecule has 206 valence electrons. The van der Waals surface area contributed by atoms with Crippen LogP contribution < -0.4 is 10.5 Å². The van der Waals surface area contributed by atoms with Crippen LogP contribution in [0.2, 0.25) is 5.02 Å². The number of fused-ring (bicyclic) bond motifs is 1. The molecule has 0 bridgehead atoms. The van der Waals surface area contributed by atoms with Crippen molar-refractivity contribution in [3.63, 3.8) is 0 Å². The average molecular weight is 549 g/mol.